The summed E-state index contributed by atoms with van der Waals surface area (Å²) in [5.41, 5.74) is 7.23. The van der Waals surface area contributed by atoms with Gasteiger partial charge in [-0.2, -0.15) is 0 Å². The average Bonchev–Trinajstić information content (AvgIpc) is 2.98. The molecule has 0 radical (unpaired) electrons. The van der Waals surface area contributed by atoms with Gasteiger partial charge < -0.3 is 10.2 Å². The number of nitrogens with two attached hydrogens (primary N) is 1. The SMILES string of the molecule is CCC1CN(Cc2ncc(-c3ccccc3)o2)CCC1N. The van der Waals surface area contributed by atoms with Crippen molar-refractivity contribution < 1.29 is 4.42 Å². The van der Waals surface area contributed by atoms with Gasteiger partial charge in [-0.1, -0.05) is 43.7 Å². The maximum absolute atomic E-state index is 6.16. The van der Waals surface area contributed by atoms with Gasteiger partial charge >= 0.3 is 0 Å². The number of benzene rings is 1. The van der Waals surface area contributed by atoms with Crippen molar-refractivity contribution in [2.24, 2.45) is 11.7 Å². The highest BCUT2D eigenvalue weighted by Crippen LogP contribution is 2.23. The van der Waals surface area contributed by atoms with Crippen LogP contribution in [-0.4, -0.2) is 29.0 Å². The Hall–Kier alpha value is -1.65. The van der Waals surface area contributed by atoms with Gasteiger partial charge in [0.25, 0.3) is 0 Å². The van der Waals surface area contributed by atoms with Crippen LogP contribution in [0, 0.1) is 5.92 Å². The van der Waals surface area contributed by atoms with Gasteiger partial charge in [0.15, 0.2) is 5.76 Å². The molecule has 1 saturated heterocycles. The van der Waals surface area contributed by atoms with E-state index in [1.807, 2.05) is 36.5 Å². The number of likely N-dealkylation sites (tertiary alicyclic amines) is 1. The highest BCUT2D eigenvalue weighted by Gasteiger charge is 2.26. The van der Waals surface area contributed by atoms with Gasteiger partial charge in [0.1, 0.15) is 0 Å². The first-order valence-corrected chi connectivity index (χ1v) is 7.74. The Morgan fingerprint density at radius 3 is 2.90 bits per heavy atom. The molecular formula is C17H23N3O. The Morgan fingerprint density at radius 2 is 2.14 bits per heavy atom. The van der Waals surface area contributed by atoms with Gasteiger partial charge in [-0.3, -0.25) is 4.90 Å². The number of nitrogens with zero attached hydrogens (tertiary/aromatic N) is 2. The standard InChI is InChI=1S/C17H23N3O/c1-2-13-11-20(9-8-15(13)18)12-17-19-10-16(21-17)14-6-4-3-5-7-14/h3-7,10,13,15H,2,8-9,11-12,18H2,1H3. The van der Waals surface area contributed by atoms with Crippen LogP contribution in [0.4, 0.5) is 0 Å². The number of piperidine rings is 1. The molecule has 4 nitrogen and oxygen atoms in total. The van der Waals surface area contributed by atoms with Gasteiger partial charge in [-0.25, -0.2) is 4.98 Å². The zero-order valence-electron chi connectivity index (χ0n) is 12.5. The first-order chi connectivity index (χ1) is 10.3. The van der Waals surface area contributed by atoms with E-state index in [-0.39, 0.29) is 0 Å². The summed E-state index contributed by atoms with van der Waals surface area (Å²) < 4.78 is 5.88. The molecule has 3 rings (SSSR count). The van der Waals surface area contributed by atoms with E-state index in [4.69, 9.17) is 10.2 Å². The first-order valence-electron chi connectivity index (χ1n) is 7.74. The Kier molecular flexibility index (Phi) is 4.36. The molecule has 21 heavy (non-hydrogen) atoms. The minimum absolute atomic E-state index is 0.343. The van der Waals surface area contributed by atoms with Crippen molar-refractivity contribution in [1.29, 1.82) is 0 Å². The summed E-state index contributed by atoms with van der Waals surface area (Å²) in [5.74, 6) is 2.22. The van der Waals surface area contributed by atoms with Crippen molar-refractivity contribution in [1.82, 2.24) is 9.88 Å². The maximum atomic E-state index is 6.16. The zero-order valence-corrected chi connectivity index (χ0v) is 12.5. The Bertz CT molecular complexity index is 566. The predicted molar refractivity (Wildman–Crippen MR) is 83.6 cm³/mol. The fourth-order valence-corrected chi connectivity index (χ4v) is 3.01. The zero-order chi connectivity index (χ0) is 14.7. The summed E-state index contributed by atoms with van der Waals surface area (Å²) in [4.78, 5) is 6.82. The van der Waals surface area contributed by atoms with Crippen molar-refractivity contribution in [2.45, 2.75) is 32.4 Å². The number of aromatic nitrogens is 1. The van der Waals surface area contributed by atoms with Gasteiger partial charge in [-0.15, -0.1) is 0 Å². The summed E-state index contributed by atoms with van der Waals surface area (Å²) in [6, 6.07) is 10.4. The van der Waals surface area contributed by atoms with Crippen molar-refractivity contribution >= 4 is 0 Å². The molecule has 0 bridgehead atoms. The molecule has 112 valence electrons. The molecule has 1 aromatic carbocycles. The van der Waals surface area contributed by atoms with E-state index in [0.717, 1.165) is 49.7 Å². The molecular weight excluding hydrogens is 262 g/mol. The van der Waals surface area contributed by atoms with Crippen LogP contribution in [0.15, 0.2) is 40.9 Å². The van der Waals surface area contributed by atoms with Crippen LogP contribution in [0.2, 0.25) is 0 Å². The van der Waals surface area contributed by atoms with Crippen molar-refractivity contribution in [3.63, 3.8) is 0 Å². The van der Waals surface area contributed by atoms with Gasteiger partial charge in [0, 0.05) is 24.7 Å². The molecule has 4 heteroatoms. The summed E-state index contributed by atoms with van der Waals surface area (Å²) >= 11 is 0. The topological polar surface area (TPSA) is 55.3 Å². The Labute approximate surface area is 126 Å². The van der Waals surface area contributed by atoms with E-state index in [0.29, 0.717) is 12.0 Å². The first kappa shape index (κ1) is 14.3. The molecule has 1 fully saturated rings. The minimum Gasteiger partial charge on any atom is -0.439 e. The van der Waals surface area contributed by atoms with Crippen LogP contribution < -0.4 is 5.73 Å². The van der Waals surface area contributed by atoms with E-state index in [9.17, 15) is 0 Å². The highest BCUT2D eigenvalue weighted by molar-refractivity contribution is 5.55. The molecule has 2 unspecified atom stereocenters. The molecule has 1 aromatic heterocycles. The van der Waals surface area contributed by atoms with Crippen LogP contribution in [0.1, 0.15) is 25.7 Å². The lowest BCUT2D eigenvalue weighted by Gasteiger charge is -2.35. The van der Waals surface area contributed by atoms with Crippen molar-refractivity contribution in [3.05, 3.63) is 42.4 Å². The van der Waals surface area contributed by atoms with E-state index in [1.165, 1.54) is 0 Å². The largest absolute Gasteiger partial charge is 0.439 e. The average molecular weight is 285 g/mol. The maximum Gasteiger partial charge on any atom is 0.209 e. The predicted octanol–water partition coefficient (Wildman–Crippen LogP) is 2.90. The quantitative estimate of drug-likeness (QED) is 0.938. The third-order valence-corrected chi connectivity index (χ3v) is 4.37. The lowest BCUT2D eigenvalue weighted by Crippen LogP contribution is -2.46. The number of hydrogen-bond donors (Lipinski definition) is 1. The minimum atomic E-state index is 0.343. The number of hydrogen-bond acceptors (Lipinski definition) is 4. The summed E-state index contributed by atoms with van der Waals surface area (Å²) in [6.07, 6.45) is 4.01. The fourth-order valence-electron chi connectivity index (χ4n) is 3.01. The normalized spacial score (nSPS) is 23.3. The summed E-state index contributed by atoms with van der Waals surface area (Å²) in [7, 11) is 0. The molecule has 0 saturated carbocycles. The molecule has 2 atom stereocenters. The van der Waals surface area contributed by atoms with Gasteiger partial charge in [-0.05, 0) is 12.3 Å². The highest BCUT2D eigenvalue weighted by atomic mass is 16.4. The molecule has 0 spiro atoms. The molecule has 2 heterocycles. The van der Waals surface area contributed by atoms with Crippen LogP contribution in [0.5, 0.6) is 0 Å². The second-order valence-corrected chi connectivity index (χ2v) is 5.84. The Morgan fingerprint density at radius 1 is 1.33 bits per heavy atom. The molecule has 1 aliphatic heterocycles. The second kappa shape index (κ2) is 6.41. The lowest BCUT2D eigenvalue weighted by atomic mass is 9.91. The van der Waals surface area contributed by atoms with Crippen LogP contribution in [-0.2, 0) is 6.54 Å². The molecule has 2 aromatic rings. The van der Waals surface area contributed by atoms with E-state index in [2.05, 4.69) is 16.8 Å². The second-order valence-electron chi connectivity index (χ2n) is 5.84. The van der Waals surface area contributed by atoms with Crippen molar-refractivity contribution in [3.8, 4) is 11.3 Å². The monoisotopic (exact) mass is 285 g/mol. The van der Waals surface area contributed by atoms with Crippen LogP contribution in [0.3, 0.4) is 0 Å². The molecule has 0 amide bonds. The summed E-state index contributed by atoms with van der Waals surface area (Å²) in [6.45, 7) is 5.06. The molecule has 0 aliphatic carbocycles. The smallest absolute Gasteiger partial charge is 0.209 e. The number of oxazole rings is 1. The van der Waals surface area contributed by atoms with E-state index >= 15 is 0 Å². The lowest BCUT2D eigenvalue weighted by molar-refractivity contribution is 0.135. The third kappa shape index (κ3) is 3.34. The van der Waals surface area contributed by atoms with E-state index < -0.39 is 0 Å². The summed E-state index contributed by atoms with van der Waals surface area (Å²) in [5, 5.41) is 0. The third-order valence-electron chi connectivity index (χ3n) is 4.37. The molecule has 1 aliphatic rings. The van der Waals surface area contributed by atoms with Crippen LogP contribution >= 0.6 is 0 Å². The number of rotatable bonds is 4. The Balaban J connectivity index is 1.65. The van der Waals surface area contributed by atoms with Gasteiger partial charge in [0.05, 0.1) is 12.7 Å². The van der Waals surface area contributed by atoms with Crippen LogP contribution in [0.25, 0.3) is 11.3 Å². The van der Waals surface area contributed by atoms with Gasteiger partial charge in [0.2, 0.25) is 5.89 Å². The van der Waals surface area contributed by atoms with Crippen molar-refractivity contribution in [2.75, 3.05) is 13.1 Å². The van der Waals surface area contributed by atoms with E-state index in [1.54, 1.807) is 0 Å². The fraction of sp³-hybridized carbons (Fsp3) is 0.471. The molecule has 2 N–H and O–H groups in total.